The summed E-state index contributed by atoms with van der Waals surface area (Å²) in [5.74, 6) is -0.0293. The van der Waals surface area contributed by atoms with Gasteiger partial charge in [-0.05, 0) is 19.9 Å². The van der Waals surface area contributed by atoms with Crippen LogP contribution in [0, 0.1) is 0 Å². The molecule has 1 heterocycles. The fourth-order valence-electron chi connectivity index (χ4n) is 1.33. The van der Waals surface area contributed by atoms with E-state index in [0.717, 1.165) is 4.90 Å². The van der Waals surface area contributed by atoms with Crippen LogP contribution in [0.25, 0.3) is 0 Å². The first-order valence-electron chi connectivity index (χ1n) is 4.96. The van der Waals surface area contributed by atoms with Gasteiger partial charge < -0.3 is 4.90 Å². The van der Waals surface area contributed by atoms with Gasteiger partial charge in [0.2, 0.25) is 0 Å². The highest BCUT2D eigenvalue weighted by molar-refractivity contribution is 6.42. The minimum atomic E-state index is -4.36. The molecule has 18 heavy (non-hydrogen) atoms. The lowest BCUT2D eigenvalue weighted by molar-refractivity contribution is -0.120. The fraction of sp³-hybridized carbons (Fsp3) is 0.500. The number of hydrogen-bond acceptors (Lipinski definition) is 2. The van der Waals surface area contributed by atoms with Crippen LogP contribution >= 0.6 is 34.8 Å². The van der Waals surface area contributed by atoms with E-state index >= 15 is 0 Å². The Hall–Kier alpha value is -0.390. The van der Waals surface area contributed by atoms with Crippen molar-refractivity contribution >= 4 is 40.6 Å². The Balaban J connectivity index is 3.18. The molecule has 0 fully saturated rings. The van der Waals surface area contributed by atoms with Gasteiger partial charge in [0, 0.05) is 6.04 Å². The molecule has 0 amide bonds. The molecule has 8 heteroatoms. The van der Waals surface area contributed by atoms with E-state index in [9.17, 15) is 13.2 Å². The van der Waals surface area contributed by atoms with Crippen LogP contribution in [0.1, 0.15) is 13.8 Å². The van der Waals surface area contributed by atoms with E-state index in [4.69, 9.17) is 34.8 Å². The second-order valence-electron chi connectivity index (χ2n) is 3.90. The van der Waals surface area contributed by atoms with Gasteiger partial charge in [0.15, 0.2) is 0 Å². The number of pyridine rings is 1. The summed E-state index contributed by atoms with van der Waals surface area (Å²) >= 11 is 17.2. The second-order valence-corrected chi connectivity index (χ2v) is 5.08. The van der Waals surface area contributed by atoms with Gasteiger partial charge in [-0.25, -0.2) is 4.98 Å². The zero-order valence-corrected chi connectivity index (χ0v) is 11.8. The van der Waals surface area contributed by atoms with Crippen LogP contribution in [-0.4, -0.2) is 23.7 Å². The standard InChI is InChI=1S/C10H10Cl3F3N2/c1-5(2)18(4-10(14,15)16)9-7(12)3-6(11)8(13)17-9/h3,5H,4H2,1-2H3. The van der Waals surface area contributed by atoms with Crippen molar-refractivity contribution in [2.75, 3.05) is 11.4 Å². The first kappa shape index (κ1) is 15.7. The molecular formula is C10H10Cl3F3N2. The second kappa shape index (κ2) is 5.72. The minimum absolute atomic E-state index is 0.0293. The Bertz CT molecular complexity index is 435. The maximum Gasteiger partial charge on any atom is 0.405 e. The highest BCUT2D eigenvalue weighted by atomic mass is 35.5. The van der Waals surface area contributed by atoms with Gasteiger partial charge in [0.05, 0.1) is 10.0 Å². The summed E-state index contributed by atoms with van der Waals surface area (Å²) in [5, 5.41) is 0.0485. The zero-order valence-electron chi connectivity index (χ0n) is 9.52. The first-order valence-corrected chi connectivity index (χ1v) is 6.10. The van der Waals surface area contributed by atoms with Gasteiger partial charge in [0.1, 0.15) is 17.5 Å². The Labute approximate surface area is 118 Å². The van der Waals surface area contributed by atoms with Crippen LogP contribution in [0.3, 0.4) is 0 Å². The van der Waals surface area contributed by atoms with E-state index in [1.54, 1.807) is 13.8 Å². The third kappa shape index (κ3) is 4.07. The molecule has 102 valence electrons. The quantitative estimate of drug-likeness (QED) is 0.742. The van der Waals surface area contributed by atoms with Crippen LogP contribution in [0.4, 0.5) is 19.0 Å². The van der Waals surface area contributed by atoms with Crippen LogP contribution < -0.4 is 4.90 Å². The van der Waals surface area contributed by atoms with Crippen molar-refractivity contribution < 1.29 is 13.2 Å². The summed E-state index contributed by atoms with van der Waals surface area (Å²) in [6, 6.07) is 0.841. The average Bonchev–Trinajstić information content (AvgIpc) is 2.19. The lowest BCUT2D eigenvalue weighted by atomic mass is 10.3. The average molecular weight is 322 g/mol. The molecule has 1 rings (SSSR count). The summed E-state index contributed by atoms with van der Waals surface area (Å²) < 4.78 is 37.5. The molecule has 1 aromatic rings. The minimum Gasteiger partial charge on any atom is -0.344 e. The Morgan fingerprint density at radius 2 is 1.78 bits per heavy atom. The number of anilines is 1. The van der Waals surface area contributed by atoms with Gasteiger partial charge in [-0.3, -0.25) is 0 Å². The molecule has 0 atom stereocenters. The fourth-order valence-corrected chi connectivity index (χ4v) is 1.93. The lowest BCUT2D eigenvalue weighted by Gasteiger charge is -2.29. The number of aromatic nitrogens is 1. The normalized spacial score (nSPS) is 12.1. The zero-order chi connectivity index (χ0) is 14.1. The summed E-state index contributed by atoms with van der Waals surface area (Å²) in [5.41, 5.74) is 0. The van der Waals surface area contributed by atoms with Crippen molar-refractivity contribution in [3.8, 4) is 0 Å². The van der Waals surface area contributed by atoms with Gasteiger partial charge >= 0.3 is 6.18 Å². The van der Waals surface area contributed by atoms with Crippen molar-refractivity contribution in [3.63, 3.8) is 0 Å². The third-order valence-electron chi connectivity index (χ3n) is 2.11. The monoisotopic (exact) mass is 320 g/mol. The van der Waals surface area contributed by atoms with E-state index < -0.39 is 18.8 Å². The molecule has 0 bridgehead atoms. The van der Waals surface area contributed by atoms with Crippen molar-refractivity contribution in [3.05, 3.63) is 21.3 Å². The molecule has 0 spiro atoms. The summed E-state index contributed by atoms with van der Waals surface area (Å²) in [6.07, 6.45) is -4.36. The molecule has 0 aromatic carbocycles. The van der Waals surface area contributed by atoms with Crippen molar-refractivity contribution in [1.29, 1.82) is 0 Å². The first-order chi connectivity index (χ1) is 8.11. The van der Waals surface area contributed by atoms with Crippen LogP contribution in [-0.2, 0) is 0 Å². The molecule has 0 saturated heterocycles. The van der Waals surface area contributed by atoms with Gasteiger partial charge in [0.25, 0.3) is 0 Å². The van der Waals surface area contributed by atoms with Crippen molar-refractivity contribution in [1.82, 2.24) is 4.98 Å². The van der Waals surface area contributed by atoms with Crippen LogP contribution in [0.2, 0.25) is 15.2 Å². The smallest absolute Gasteiger partial charge is 0.344 e. The van der Waals surface area contributed by atoms with E-state index in [0.29, 0.717) is 0 Å². The van der Waals surface area contributed by atoms with Crippen molar-refractivity contribution in [2.45, 2.75) is 26.1 Å². The summed E-state index contributed by atoms with van der Waals surface area (Å²) in [4.78, 5) is 4.82. The Kier molecular flexibility index (Phi) is 4.98. The number of rotatable bonds is 3. The Morgan fingerprint density at radius 3 is 2.22 bits per heavy atom. The van der Waals surface area contributed by atoms with E-state index in [-0.39, 0.29) is 21.0 Å². The molecule has 0 unspecified atom stereocenters. The van der Waals surface area contributed by atoms with E-state index in [1.165, 1.54) is 6.07 Å². The molecule has 0 N–H and O–H groups in total. The van der Waals surface area contributed by atoms with Crippen LogP contribution in [0.15, 0.2) is 6.07 Å². The van der Waals surface area contributed by atoms with Gasteiger partial charge in [-0.1, -0.05) is 34.8 Å². The molecule has 0 aliphatic rings. The van der Waals surface area contributed by atoms with E-state index in [2.05, 4.69) is 4.98 Å². The molecule has 0 radical (unpaired) electrons. The van der Waals surface area contributed by atoms with Crippen molar-refractivity contribution in [2.24, 2.45) is 0 Å². The molecule has 1 aromatic heterocycles. The topological polar surface area (TPSA) is 16.1 Å². The van der Waals surface area contributed by atoms with Gasteiger partial charge in [-0.2, -0.15) is 13.2 Å². The molecule has 0 saturated carbocycles. The molecule has 0 aliphatic heterocycles. The lowest BCUT2D eigenvalue weighted by Crippen LogP contribution is -2.39. The number of hydrogen-bond donors (Lipinski definition) is 0. The highest BCUT2D eigenvalue weighted by Crippen LogP contribution is 2.33. The largest absolute Gasteiger partial charge is 0.405 e. The van der Waals surface area contributed by atoms with E-state index in [1.807, 2.05) is 0 Å². The maximum absolute atomic E-state index is 12.5. The Morgan fingerprint density at radius 1 is 1.22 bits per heavy atom. The van der Waals surface area contributed by atoms with Crippen LogP contribution in [0.5, 0.6) is 0 Å². The molecule has 2 nitrogen and oxygen atoms in total. The number of nitrogens with zero attached hydrogens (tertiary/aromatic N) is 2. The summed E-state index contributed by atoms with van der Waals surface area (Å²) in [7, 11) is 0. The predicted octanol–water partition coefficient (Wildman–Crippen LogP) is 4.82. The predicted molar refractivity (Wildman–Crippen MR) is 67.8 cm³/mol. The third-order valence-corrected chi connectivity index (χ3v) is 3.06. The highest BCUT2D eigenvalue weighted by Gasteiger charge is 2.33. The number of alkyl halides is 3. The summed E-state index contributed by atoms with van der Waals surface area (Å²) in [6.45, 7) is 2.05. The van der Waals surface area contributed by atoms with Gasteiger partial charge in [-0.15, -0.1) is 0 Å². The molecular weight excluding hydrogens is 311 g/mol. The maximum atomic E-state index is 12.5. The number of halogens is 6. The SMILES string of the molecule is CC(C)N(CC(F)(F)F)c1nc(Cl)c(Cl)cc1Cl. The molecule has 0 aliphatic carbocycles.